The number of anilines is 1. The van der Waals surface area contributed by atoms with Gasteiger partial charge in [0.2, 0.25) is 10.0 Å². The van der Waals surface area contributed by atoms with Gasteiger partial charge in [-0.25, -0.2) is 13.6 Å². The first-order valence-electron chi connectivity index (χ1n) is 7.07. The molecular formula is C16H15N3O4S. The van der Waals surface area contributed by atoms with Gasteiger partial charge in [-0.1, -0.05) is 0 Å². The molecule has 0 unspecified atom stereocenters. The molecule has 24 heavy (non-hydrogen) atoms. The number of primary sulfonamides is 1. The van der Waals surface area contributed by atoms with Gasteiger partial charge < -0.3 is 4.42 Å². The van der Waals surface area contributed by atoms with Crippen molar-refractivity contribution >= 4 is 33.4 Å². The lowest BCUT2D eigenvalue weighted by molar-refractivity contribution is -0.114. The number of nitrogens with two attached hydrogens (primary N) is 1. The zero-order valence-corrected chi connectivity index (χ0v) is 13.9. The van der Waals surface area contributed by atoms with E-state index in [1.165, 1.54) is 29.3 Å². The highest BCUT2D eigenvalue weighted by Crippen LogP contribution is 2.26. The molecule has 0 atom stereocenters. The Hall–Kier alpha value is -2.71. The fraction of sp³-hybridized carbons (Fsp3) is 0.125. The van der Waals surface area contributed by atoms with E-state index in [1.54, 1.807) is 19.1 Å². The molecule has 0 fully saturated rings. The number of hydrogen-bond acceptors (Lipinski definition) is 5. The van der Waals surface area contributed by atoms with E-state index in [0.717, 1.165) is 5.76 Å². The normalized spacial score (nSPS) is 16.8. The number of nitrogens with zero attached hydrogens (tertiary/aromatic N) is 2. The lowest BCUT2D eigenvalue weighted by Gasteiger charge is -2.11. The largest absolute Gasteiger partial charge is 0.462 e. The molecule has 1 aliphatic rings. The quantitative estimate of drug-likeness (QED) is 0.859. The highest BCUT2D eigenvalue weighted by Gasteiger charge is 2.29. The average Bonchev–Trinajstić information content (AvgIpc) is 3.05. The highest BCUT2D eigenvalue weighted by atomic mass is 32.2. The number of benzene rings is 1. The summed E-state index contributed by atoms with van der Waals surface area (Å²) in [6, 6.07) is 9.21. The molecule has 0 saturated heterocycles. The molecule has 2 heterocycles. The van der Waals surface area contributed by atoms with Crippen LogP contribution in [0.1, 0.15) is 18.4 Å². The van der Waals surface area contributed by atoms with Crippen LogP contribution in [0.5, 0.6) is 0 Å². The van der Waals surface area contributed by atoms with Crippen molar-refractivity contribution in [3.05, 3.63) is 53.5 Å². The van der Waals surface area contributed by atoms with E-state index >= 15 is 0 Å². The van der Waals surface area contributed by atoms with E-state index in [9.17, 15) is 13.2 Å². The molecule has 0 saturated carbocycles. The zero-order chi connectivity index (χ0) is 17.5. The summed E-state index contributed by atoms with van der Waals surface area (Å²) in [4.78, 5) is 12.5. The van der Waals surface area contributed by atoms with Crippen LogP contribution in [-0.2, 0) is 14.8 Å². The summed E-state index contributed by atoms with van der Waals surface area (Å²) in [5.74, 6) is 0.999. The fourth-order valence-electron chi connectivity index (χ4n) is 2.31. The van der Waals surface area contributed by atoms with Gasteiger partial charge in [0, 0.05) is 0 Å². The second kappa shape index (κ2) is 5.73. The van der Waals surface area contributed by atoms with Gasteiger partial charge in [-0.05, 0) is 56.3 Å². The van der Waals surface area contributed by atoms with E-state index in [4.69, 9.17) is 9.56 Å². The summed E-state index contributed by atoms with van der Waals surface area (Å²) in [5.41, 5.74) is 1.41. The maximum absolute atomic E-state index is 12.6. The second-order valence-corrected chi connectivity index (χ2v) is 6.91. The Labute approximate surface area is 139 Å². The molecule has 1 aliphatic heterocycles. The third-order valence-electron chi connectivity index (χ3n) is 3.52. The van der Waals surface area contributed by atoms with Crippen molar-refractivity contribution in [1.29, 1.82) is 0 Å². The first kappa shape index (κ1) is 16.2. The second-order valence-electron chi connectivity index (χ2n) is 5.35. The molecule has 2 N–H and O–H groups in total. The topological polar surface area (TPSA) is 106 Å². The lowest BCUT2D eigenvalue weighted by atomic mass is 10.1. The standard InChI is InChI=1S/C16H15N3O4S/c1-10-3-6-13(23-10)9-15-11(2)18-19(16(15)20)12-4-7-14(8-5-12)24(17,21)22/h3-9H,1-2H3,(H2,17,21,22)/b15-9+. The number of carbonyl (C=O) groups excluding carboxylic acids is 1. The number of hydrogen-bond donors (Lipinski definition) is 1. The van der Waals surface area contributed by atoms with Crippen LogP contribution in [0.25, 0.3) is 6.08 Å². The van der Waals surface area contributed by atoms with E-state index in [-0.39, 0.29) is 10.8 Å². The Bertz CT molecular complexity index is 969. The smallest absolute Gasteiger partial charge is 0.280 e. The maximum atomic E-state index is 12.6. The van der Waals surface area contributed by atoms with Crippen molar-refractivity contribution in [2.24, 2.45) is 10.2 Å². The minimum Gasteiger partial charge on any atom is -0.462 e. The predicted molar refractivity (Wildman–Crippen MR) is 89.8 cm³/mol. The molecular weight excluding hydrogens is 330 g/mol. The molecule has 3 rings (SSSR count). The van der Waals surface area contributed by atoms with Crippen molar-refractivity contribution in [2.45, 2.75) is 18.7 Å². The van der Waals surface area contributed by atoms with Crippen LogP contribution in [0.15, 0.2) is 56.4 Å². The summed E-state index contributed by atoms with van der Waals surface area (Å²) in [6.07, 6.45) is 1.63. The van der Waals surface area contributed by atoms with Gasteiger partial charge in [-0.15, -0.1) is 0 Å². The maximum Gasteiger partial charge on any atom is 0.280 e. The summed E-state index contributed by atoms with van der Waals surface area (Å²) in [6.45, 7) is 3.54. The van der Waals surface area contributed by atoms with Crippen LogP contribution in [0, 0.1) is 6.92 Å². The van der Waals surface area contributed by atoms with E-state index in [1.807, 2.05) is 13.0 Å². The van der Waals surface area contributed by atoms with Crippen molar-refractivity contribution in [2.75, 3.05) is 5.01 Å². The average molecular weight is 345 g/mol. The van der Waals surface area contributed by atoms with Gasteiger partial charge in [0.05, 0.1) is 21.9 Å². The molecule has 8 heteroatoms. The first-order chi connectivity index (χ1) is 11.3. The van der Waals surface area contributed by atoms with Crippen molar-refractivity contribution in [3.8, 4) is 0 Å². The Morgan fingerprint density at radius 1 is 1.12 bits per heavy atom. The molecule has 0 radical (unpaired) electrons. The summed E-state index contributed by atoms with van der Waals surface area (Å²) in [5, 5.41) is 10.5. The number of hydrazone groups is 1. The molecule has 7 nitrogen and oxygen atoms in total. The highest BCUT2D eigenvalue weighted by molar-refractivity contribution is 7.89. The number of sulfonamides is 1. The van der Waals surface area contributed by atoms with Gasteiger partial charge >= 0.3 is 0 Å². The molecule has 1 aromatic heterocycles. The zero-order valence-electron chi connectivity index (χ0n) is 13.1. The molecule has 0 aliphatic carbocycles. The van der Waals surface area contributed by atoms with Crippen LogP contribution < -0.4 is 10.1 Å². The molecule has 124 valence electrons. The lowest BCUT2D eigenvalue weighted by Crippen LogP contribution is -2.21. The van der Waals surface area contributed by atoms with Gasteiger partial charge in [-0.3, -0.25) is 4.79 Å². The van der Waals surface area contributed by atoms with Crippen LogP contribution >= 0.6 is 0 Å². The van der Waals surface area contributed by atoms with Crippen LogP contribution in [0.4, 0.5) is 5.69 Å². The summed E-state index contributed by atoms with van der Waals surface area (Å²) in [7, 11) is -3.78. The number of furan rings is 1. The van der Waals surface area contributed by atoms with E-state index in [0.29, 0.717) is 22.7 Å². The summed E-state index contributed by atoms with van der Waals surface area (Å²) < 4.78 is 28.0. The predicted octanol–water partition coefficient (Wildman–Crippen LogP) is 2.04. The van der Waals surface area contributed by atoms with Crippen molar-refractivity contribution < 1.29 is 17.6 Å². The Morgan fingerprint density at radius 3 is 2.33 bits per heavy atom. The molecule has 0 spiro atoms. The first-order valence-corrected chi connectivity index (χ1v) is 8.61. The van der Waals surface area contributed by atoms with Crippen LogP contribution in [-0.4, -0.2) is 20.0 Å². The molecule has 0 bridgehead atoms. The minimum absolute atomic E-state index is 0.0274. The van der Waals surface area contributed by atoms with Gasteiger partial charge in [0.15, 0.2) is 0 Å². The summed E-state index contributed by atoms with van der Waals surface area (Å²) >= 11 is 0. The van der Waals surface area contributed by atoms with Gasteiger partial charge in [0.25, 0.3) is 5.91 Å². The van der Waals surface area contributed by atoms with Crippen molar-refractivity contribution in [1.82, 2.24) is 0 Å². The van der Waals surface area contributed by atoms with Crippen LogP contribution in [0.2, 0.25) is 0 Å². The minimum atomic E-state index is -3.78. The van der Waals surface area contributed by atoms with Gasteiger partial charge in [-0.2, -0.15) is 10.1 Å². The molecule has 1 aromatic carbocycles. The van der Waals surface area contributed by atoms with E-state index < -0.39 is 10.0 Å². The monoisotopic (exact) mass is 345 g/mol. The molecule has 1 amide bonds. The number of aryl methyl sites for hydroxylation is 1. The van der Waals surface area contributed by atoms with E-state index in [2.05, 4.69) is 5.10 Å². The van der Waals surface area contributed by atoms with Crippen molar-refractivity contribution in [3.63, 3.8) is 0 Å². The Balaban J connectivity index is 1.92. The van der Waals surface area contributed by atoms with Gasteiger partial charge in [0.1, 0.15) is 11.5 Å². The number of amides is 1. The number of carbonyl (C=O) groups is 1. The number of rotatable bonds is 3. The SMILES string of the molecule is CC1=NN(c2ccc(S(N)(=O)=O)cc2)C(=O)/C1=C/c1ccc(C)o1. The Kier molecular flexibility index (Phi) is 3.86. The molecule has 2 aromatic rings. The third-order valence-corrected chi connectivity index (χ3v) is 4.45. The third kappa shape index (κ3) is 3.01. The fourth-order valence-corrected chi connectivity index (χ4v) is 2.83. The van der Waals surface area contributed by atoms with Crippen LogP contribution in [0.3, 0.4) is 0 Å². The Morgan fingerprint density at radius 2 is 1.79 bits per heavy atom.